The molecule has 0 N–H and O–H groups in total. The van der Waals surface area contributed by atoms with Crippen molar-refractivity contribution in [2.45, 2.75) is 26.3 Å². The van der Waals surface area contributed by atoms with E-state index in [1.54, 1.807) is 0 Å². The topological polar surface area (TPSA) is 20.3 Å². The van der Waals surface area contributed by atoms with Crippen LogP contribution in [0.3, 0.4) is 0 Å². The average molecular weight is 408 g/mol. The molecule has 0 spiro atoms. The Morgan fingerprint density at radius 3 is 2.76 bits per heavy atom. The predicted molar refractivity (Wildman–Crippen MR) is 81.1 cm³/mol. The number of hydrogen-bond donors (Lipinski definition) is 0. The number of amides is 1. The summed E-state index contributed by atoms with van der Waals surface area (Å²) in [7, 11) is 0. The largest absolute Gasteiger partial charge is 0.336 e. The lowest BCUT2D eigenvalue weighted by atomic mass is 10.1. The number of hydrogen-bond acceptors (Lipinski definition) is 1. The SMILES string of the molecule is CC1CC(C)N(C(=O)c2cc(I)ccc2Br)C1. The van der Waals surface area contributed by atoms with Gasteiger partial charge >= 0.3 is 0 Å². The predicted octanol–water partition coefficient (Wildman–Crippen LogP) is 3.92. The van der Waals surface area contributed by atoms with E-state index in [1.807, 2.05) is 23.1 Å². The highest BCUT2D eigenvalue weighted by Gasteiger charge is 2.31. The Labute approximate surface area is 124 Å². The molecule has 1 aromatic carbocycles. The van der Waals surface area contributed by atoms with Crippen molar-refractivity contribution < 1.29 is 4.79 Å². The molecule has 0 aromatic heterocycles. The first kappa shape index (κ1) is 13.3. The highest BCUT2D eigenvalue weighted by molar-refractivity contribution is 14.1. The van der Waals surface area contributed by atoms with Gasteiger partial charge in [-0.15, -0.1) is 0 Å². The van der Waals surface area contributed by atoms with Crippen molar-refractivity contribution in [2.24, 2.45) is 5.92 Å². The van der Waals surface area contributed by atoms with Gasteiger partial charge < -0.3 is 4.90 Å². The molecule has 1 amide bonds. The molecule has 0 saturated carbocycles. The van der Waals surface area contributed by atoms with Crippen LogP contribution in [0.1, 0.15) is 30.6 Å². The first-order valence-corrected chi connectivity index (χ1v) is 7.62. The third kappa shape index (κ3) is 2.84. The summed E-state index contributed by atoms with van der Waals surface area (Å²) < 4.78 is 1.98. The van der Waals surface area contributed by atoms with E-state index in [0.717, 1.165) is 26.6 Å². The van der Waals surface area contributed by atoms with Gasteiger partial charge in [-0.05, 0) is 76.0 Å². The Balaban J connectivity index is 2.28. The monoisotopic (exact) mass is 407 g/mol. The maximum absolute atomic E-state index is 12.5. The van der Waals surface area contributed by atoms with E-state index in [-0.39, 0.29) is 5.91 Å². The van der Waals surface area contributed by atoms with Crippen LogP contribution >= 0.6 is 38.5 Å². The van der Waals surface area contributed by atoms with E-state index < -0.39 is 0 Å². The molecule has 1 heterocycles. The molecule has 1 fully saturated rings. The molecule has 2 atom stereocenters. The van der Waals surface area contributed by atoms with Crippen molar-refractivity contribution in [3.05, 3.63) is 31.8 Å². The molecule has 0 aliphatic carbocycles. The Morgan fingerprint density at radius 2 is 2.18 bits per heavy atom. The molecule has 2 unspecified atom stereocenters. The second-order valence-electron chi connectivity index (χ2n) is 4.77. The Hall–Kier alpha value is -0.100. The summed E-state index contributed by atoms with van der Waals surface area (Å²) in [6.07, 6.45) is 1.10. The summed E-state index contributed by atoms with van der Waals surface area (Å²) in [5.74, 6) is 0.753. The second-order valence-corrected chi connectivity index (χ2v) is 6.87. The minimum absolute atomic E-state index is 0.146. The molecule has 92 valence electrons. The summed E-state index contributed by atoms with van der Waals surface area (Å²) in [6.45, 7) is 5.20. The average Bonchev–Trinajstić information content (AvgIpc) is 2.60. The van der Waals surface area contributed by atoms with Crippen LogP contribution in [0.15, 0.2) is 22.7 Å². The van der Waals surface area contributed by atoms with Crippen LogP contribution in [0.25, 0.3) is 0 Å². The highest BCUT2D eigenvalue weighted by Crippen LogP contribution is 2.27. The van der Waals surface area contributed by atoms with Gasteiger partial charge in [0, 0.05) is 20.6 Å². The first-order chi connectivity index (χ1) is 7.99. The van der Waals surface area contributed by atoms with Gasteiger partial charge in [0.25, 0.3) is 5.91 Å². The minimum atomic E-state index is 0.146. The zero-order chi connectivity index (χ0) is 12.6. The van der Waals surface area contributed by atoms with E-state index in [0.29, 0.717) is 12.0 Å². The van der Waals surface area contributed by atoms with Crippen LogP contribution in [-0.4, -0.2) is 23.4 Å². The van der Waals surface area contributed by atoms with Crippen molar-refractivity contribution in [2.75, 3.05) is 6.54 Å². The molecule has 0 radical (unpaired) electrons. The van der Waals surface area contributed by atoms with Crippen molar-refractivity contribution in [1.29, 1.82) is 0 Å². The van der Waals surface area contributed by atoms with Crippen molar-refractivity contribution in [1.82, 2.24) is 4.90 Å². The molecule has 1 aliphatic heterocycles. The van der Waals surface area contributed by atoms with E-state index in [2.05, 4.69) is 52.4 Å². The number of benzene rings is 1. The van der Waals surface area contributed by atoms with Crippen molar-refractivity contribution >= 4 is 44.4 Å². The standard InChI is InChI=1S/C13H15BrINO/c1-8-5-9(2)16(7-8)13(17)11-6-10(15)3-4-12(11)14/h3-4,6,8-9H,5,7H2,1-2H3. The number of likely N-dealkylation sites (tertiary alicyclic amines) is 1. The lowest BCUT2D eigenvalue weighted by Gasteiger charge is -2.22. The third-order valence-corrected chi connectivity index (χ3v) is 4.57. The van der Waals surface area contributed by atoms with Gasteiger partial charge in [-0.3, -0.25) is 4.79 Å². The summed E-state index contributed by atoms with van der Waals surface area (Å²) in [4.78, 5) is 14.5. The fourth-order valence-corrected chi connectivity index (χ4v) is 3.31. The Morgan fingerprint density at radius 1 is 1.47 bits per heavy atom. The number of nitrogens with zero attached hydrogens (tertiary/aromatic N) is 1. The summed E-state index contributed by atoms with van der Waals surface area (Å²) in [5.41, 5.74) is 0.776. The van der Waals surface area contributed by atoms with E-state index in [9.17, 15) is 4.79 Å². The van der Waals surface area contributed by atoms with Crippen LogP contribution in [-0.2, 0) is 0 Å². The molecule has 2 nitrogen and oxygen atoms in total. The van der Waals surface area contributed by atoms with Gasteiger partial charge in [0.2, 0.25) is 0 Å². The molecule has 1 saturated heterocycles. The summed E-state index contributed by atoms with van der Waals surface area (Å²) >= 11 is 5.70. The number of halogens is 2. The molecule has 2 rings (SSSR count). The Kier molecular flexibility index (Phi) is 4.13. The van der Waals surface area contributed by atoms with E-state index in [4.69, 9.17) is 0 Å². The normalized spacial score (nSPS) is 24.1. The van der Waals surface area contributed by atoms with E-state index in [1.165, 1.54) is 0 Å². The zero-order valence-corrected chi connectivity index (χ0v) is 13.7. The fraction of sp³-hybridized carbons (Fsp3) is 0.462. The number of carbonyl (C=O) groups is 1. The van der Waals surface area contributed by atoms with Gasteiger partial charge in [0.1, 0.15) is 0 Å². The highest BCUT2D eigenvalue weighted by atomic mass is 127. The lowest BCUT2D eigenvalue weighted by Crippen LogP contribution is -2.34. The van der Waals surface area contributed by atoms with E-state index >= 15 is 0 Å². The summed E-state index contributed by atoms with van der Waals surface area (Å²) in [6, 6.07) is 6.24. The van der Waals surface area contributed by atoms with Gasteiger partial charge in [-0.25, -0.2) is 0 Å². The third-order valence-electron chi connectivity index (χ3n) is 3.20. The van der Waals surface area contributed by atoms with Gasteiger partial charge in [0.05, 0.1) is 5.56 Å². The first-order valence-electron chi connectivity index (χ1n) is 5.75. The molecular weight excluding hydrogens is 393 g/mol. The smallest absolute Gasteiger partial charge is 0.255 e. The van der Waals surface area contributed by atoms with Gasteiger partial charge in [0.15, 0.2) is 0 Å². The quantitative estimate of drug-likeness (QED) is 0.646. The molecule has 1 aliphatic rings. The molecule has 1 aromatic rings. The van der Waals surface area contributed by atoms with Crippen LogP contribution in [0, 0.1) is 9.49 Å². The number of carbonyl (C=O) groups excluding carboxylic acids is 1. The van der Waals surface area contributed by atoms with Crippen LogP contribution in [0.2, 0.25) is 0 Å². The second kappa shape index (κ2) is 5.26. The maximum atomic E-state index is 12.5. The maximum Gasteiger partial charge on any atom is 0.255 e. The Bertz CT molecular complexity index is 449. The molecule has 0 bridgehead atoms. The van der Waals surface area contributed by atoms with Crippen LogP contribution < -0.4 is 0 Å². The zero-order valence-electron chi connectivity index (χ0n) is 9.91. The number of rotatable bonds is 1. The minimum Gasteiger partial charge on any atom is -0.336 e. The lowest BCUT2D eigenvalue weighted by molar-refractivity contribution is 0.0743. The molecular formula is C13H15BrINO. The van der Waals surface area contributed by atoms with Gasteiger partial charge in [-0.2, -0.15) is 0 Å². The van der Waals surface area contributed by atoms with Crippen molar-refractivity contribution in [3.8, 4) is 0 Å². The molecule has 17 heavy (non-hydrogen) atoms. The van der Waals surface area contributed by atoms with Gasteiger partial charge in [-0.1, -0.05) is 6.92 Å². The van der Waals surface area contributed by atoms with Crippen LogP contribution in [0.5, 0.6) is 0 Å². The fourth-order valence-electron chi connectivity index (χ4n) is 2.40. The van der Waals surface area contributed by atoms with Crippen molar-refractivity contribution in [3.63, 3.8) is 0 Å². The molecule has 4 heteroatoms. The van der Waals surface area contributed by atoms with Crippen LogP contribution in [0.4, 0.5) is 0 Å². The summed E-state index contributed by atoms with van der Waals surface area (Å²) in [5, 5.41) is 0.